The molecule has 0 heterocycles. The Morgan fingerprint density at radius 2 is 1.55 bits per heavy atom. The minimum Gasteiger partial charge on any atom is -0.308 e. The van der Waals surface area contributed by atoms with E-state index in [1.807, 2.05) is 0 Å². The zero-order valence-corrected chi connectivity index (χ0v) is 12.4. The number of rotatable bonds is 2. The van der Waals surface area contributed by atoms with Crippen molar-refractivity contribution in [2.24, 2.45) is 0 Å². The Balaban J connectivity index is 2.16. The van der Waals surface area contributed by atoms with Gasteiger partial charge in [0.05, 0.1) is 11.3 Å². The molecule has 0 atom stereocenters. The molecular formula is C14H9Cl2F3N2O. The second-order valence-corrected chi connectivity index (χ2v) is 5.15. The lowest BCUT2D eigenvalue weighted by molar-refractivity contribution is -0.136. The molecule has 0 radical (unpaired) electrons. The van der Waals surface area contributed by atoms with E-state index in [0.717, 1.165) is 12.1 Å². The van der Waals surface area contributed by atoms with Crippen LogP contribution in [0.5, 0.6) is 0 Å². The van der Waals surface area contributed by atoms with E-state index in [-0.39, 0.29) is 11.4 Å². The molecule has 0 aromatic heterocycles. The van der Waals surface area contributed by atoms with E-state index in [2.05, 4.69) is 10.6 Å². The van der Waals surface area contributed by atoms with Crippen LogP contribution in [0, 0.1) is 0 Å². The molecule has 2 aromatic carbocycles. The third kappa shape index (κ3) is 4.29. The van der Waals surface area contributed by atoms with Crippen molar-refractivity contribution in [1.82, 2.24) is 0 Å². The van der Waals surface area contributed by atoms with Crippen LogP contribution in [0.4, 0.5) is 29.3 Å². The molecular weight excluding hydrogens is 340 g/mol. The van der Waals surface area contributed by atoms with Gasteiger partial charge in [0.25, 0.3) is 0 Å². The number of amides is 2. The van der Waals surface area contributed by atoms with Crippen LogP contribution >= 0.6 is 23.2 Å². The number of carbonyl (C=O) groups excluding carboxylic acids is 1. The Labute approximate surface area is 134 Å². The molecule has 0 aliphatic rings. The number of nitrogens with one attached hydrogen (secondary N) is 2. The van der Waals surface area contributed by atoms with Crippen molar-refractivity contribution < 1.29 is 18.0 Å². The highest BCUT2D eigenvalue weighted by atomic mass is 35.5. The number of alkyl halides is 3. The molecule has 22 heavy (non-hydrogen) atoms. The number of halogens is 5. The summed E-state index contributed by atoms with van der Waals surface area (Å²) in [5, 5.41) is 5.09. The molecule has 2 N–H and O–H groups in total. The number of para-hydroxylation sites is 1. The second kappa shape index (κ2) is 6.46. The van der Waals surface area contributed by atoms with Gasteiger partial charge in [-0.25, -0.2) is 4.79 Å². The summed E-state index contributed by atoms with van der Waals surface area (Å²) in [5.41, 5.74) is -1.02. The second-order valence-electron chi connectivity index (χ2n) is 4.28. The Morgan fingerprint density at radius 1 is 0.955 bits per heavy atom. The van der Waals surface area contributed by atoms with Crippen molar-refractivity contribution in [3.05, 3.63) is 58.1 Å². The molecule has 2 rings (SSSR count). The third-order valence-corrected chi connectivity index (χ3v) is 3.04. The van der Waals surface area contributed by atoms with E-state index in [1.165, 1.54) is 30.3 Å². The molecule has 0 unspecified atom stereocenters. The average molecular weight is 349 g/mol. The summed E-state index contributed by atoms with van der Waals surface area (Å²) in [4.78, 5) is 11.8. The zero-order chi connectivity index (χ0) is 16.3. The van der Waals surface area contributed by atoms with Crippen molar-refractivity contribution in [1.29, 1.82) is 0 Å². The van der Waals surface area contributed by atoms with Gasteiger partial charge in [0.1, 0.15) is 0 Å². The van der Waals surface area contributed by atoms with Crippen molar-refractivity contribution in [2.45, 2.75) is 6.18 Å². The predicted molar refractivity (Wildman–Crippen MR) is 80.5 cm³/mol. The number of anilines is 2. The summed E-state index contributed by atoms with van der Waals surface area (Å²) in [5.74, 6) is 0. The Bertz CT molecular complexity index is 684. The molecule has 0 fully saturated rings. The van der Waals surface area contributed by atoms with Gasteiger partial charge in [-0.05, 0) is 30.3 Å². The van der Waals surface area contributed by atoms with Crippen molar-refractivity contribution in [2.75, 3.05) is 10.6 Å². The summed E-state index contributed by atoms with van der Waals surface area (Å²) in [6.07, 6.45) is -4.57. The van der Waals surface area contributed by atoms with E-state index in [4.69, 9.17) is 23.2 Å². The van der Waals surface area contributed by atoms with E-state index in [0.29, 0.717) is 10.0 Å². The van der Waals surface area contributed by atoms with Gasteiger partial charge in [0.15, 0.2) is 0 Å². The van der Waals surface area contributed by atoms with E-state index in [9.17, 15) is 18.0 Å². The molecule has 8 heteroatoms. The maximum Gasteiger partial charge on any atom is 0.418 e. The van der Waals surface area contributed by atoms with Crippen molar-refractivity contribution in [3.63, 3.8) is 0 Å². The normalized spacial score (nSPS) is 11.1. The Morgan fingerprint density at radius 3 is 2.14 bits per heavy atom. The highest BCUT2D eigenvalue weighted by molar-refractivity contribution is 6.35. The largest absolute Gasteiger partial charge is 0.418 e. The Hall–Kier alpha value is -1.92. The molecule has 3 nitrogen and oxygen atoms in total. The SMILES string of the molecule is O=C(Nc1cc(Cl)cc(Cl)c1)Nc1ccccc1C(F)(F)F. The summed E-state index contributed by atoms with van der Waals surface area (Å²) in [7, 11) is 0. The van der Waals surface area contributed by atoms with Crippen LogP contribution < -0.4 is 10.6 Å². The summed E-state index contributed by atoms with van der Waals surface area (Å²) in [6, 6.07) is 8.13. The first-order valence-electron chi connectivity index (χ1n) is 5.96. The predicted octanol–water partition coefficient (Wildman–Crippen LogP) is 5.66. The van der Waals surface area contributed by atoms with E-state index < -0.39 is 17.8 Å². The lowest BCUT2D eigenvalue weighted by Gasteiger charge is -2.14. The van der Waals surface area contributed by atoms with Crippen LogP contribution in [0.1, 0.15) is 5.56 Å². The summed E-state index contributed by atoms with van der Waals surface area (Å²) < 4.78 is 38.5. The van der Waals surface area contributed by atoms with E-state index >= 15 is 0 Å². The van der Waals surface area contributed by atoms with Gasteiger partial charge in [-0.2, -0.15) is 13.2 Å². The first-order chi connectivity index (χ1) is 10.3. The fourth-order valence-corrected chi connectivity index (χ4v) is 2.28. The molecule has 0 bridgehead atoms. The number of hydrogen-bond acceptors (Lipinski definition) is 1. The molecule has 0 aliphatic carbocycles. The van der Waals surface area contributed by atoms with Gasteiger partial charge in [-0.1, -0.05) is 35.3 Å². The average Bonchev–Trinajstić information content (AvgIpc) is 2.36. The molecule has 0 saturated carbocycles. The molecule has 2 aromatic rings. The molecule has 2 amide bonds. The monoisotopic (exact) mass is 348 g/mol. The molecule has 0 aliphatic heterocycles. The van der Waals surface area contributed by atoms with Crippen molar-refractivity contribution in [3.8, 4) is 0 Å². The van der Waals surface area contributed by atoms with Gasteiger partial charge in [-0.3, -0.25) is 0 Å². The smallest absolute Gasteiger partial charge is 0.308 e. The van der Waals surface area contributed by atoms with Crippen LogP contribution in [0.15, 0.2) is 42.5 Å². The quantitative estimate of drug-likeness (QED) is 0.722. The maximum atomic E-state index is 12.8. The third-order valence-electron chi connectivity index (χ3n) is 2.60. The first-order valence-corrected chi connectivity index (χ1v) is 6.71. The first kappa shape index (κ1) is 16.5. The summed E-state index contributed by atoms with van der Waals surface area (Å²) >= 11 is 11.5. The zero-order valence-electron chi connectivity index (χ0n) is 10.8. The van der Waals surface area contributed by atoms with Crippen LogP contribution in [0.3, 0.4) is 0 Å². The van der Waals surface area contributed by atoms with Gasteiger partial charge in [0, 0.05) is 15.7 Å². The van der Waals surface area contributed by atoms with Crippen LogP contribution in [0.25, 0.3) is 0 Å². The molecule has 116 valence electrons. The minimum atomic E-state index is -4.57. The Kier molecular flexibility index (Phi) is 4.83. The topological polar surface area (TPSA) is 41.1 Å². The fourth-order valence-electron chi connectivity index (χ4n) is 1.75. The number of carbonyl (C=O) groups is 1. The minimum absolute atomic E-state index is 0.263. The lowest BCUT2D eigenvalue weighted by atomic mass is 10.1. The highest BCUT2D eigenvalue weighted by Gasteiger charge is 2.33. The fraction of sp³-hybridized carbons (Fsp3) is 0.0714. The summed E-state index contributed by atoms with van der Waals surface area (Å²) in [6.45, 7) is 0. The van der Waals surface area contributed by atoms with Gasteiger partial charge >= 0.3 is 12.2 Å². The maximum absolute atomic E-state index is 12.8. The lowest BCUT2D eigenvalue weighted by Crippen LogP contribution is -2.21. The number of benzene rings is 2. The van der Waals surface area contributed by atoms with Gasteiger partial charge < -0.3 is 10.6 Å². The van der Waals surface area contributed by atoms with Gasteiger partial charge in [-0.15, -0.1) is 0 Å². The molecule has 0 spiro atoms. The van der Waals surface area contributed by atoms with Crippen LogP contribution in [-0.4, -0.2) is 6.03 Å². The van der Waals surface area contributed by atoms with E-state index in [1.54, 1.807) is 0 Å². The van der Waals surface area contributed by atoms with Crippen LogP contribution in [-0.2, 0) is 6.18 Å². The number of urea groups is 1. The van der Waals surface area contributed by atoms with Crippen molar-refractivity contribution >= 4 is 40.6 Å². The molecule has 0 saturated heterocycles. The van der Waals surface area contributed by atoms with Crippen LogP contribution in [0.2, 0.25) is 10.0 Å². The van der Waals surface area contributed by atoms with Gasteiger partial charge in [0.2, 0.25) is 0 Å². The highest BCUT2D eigenvalue weighted by Crippen LogP contribution is 2.34. The number of hydrogen-bond donors (Lipinski definition) is 2. The standard InChI is InChI=1S/C14H9Cl2F3N2O/c15-8-5-9(16)7-10(6-8)20-13(22)21-12-4-2-1-3-11(12)14(17,18)19/h1-7H,(H2,20,21,22).